The summed E-state index contributed by atoms with van der Waals surface area (Å²) in [6, 6.07) is 9.98. The summed E-state index contributed by atoms with van der Waals surface area (Å²) in [6.45, 7) is 0.0886. The minimum absolute atomic E-state index is 0.0886. The second kappa shape index (κ2) is 7.41. The summed E-state index contributed by atoms with van der Waals surface area (Å²) in [6.07, 6.45) is 0. The molecule has 1 aromatic carbocycles. The van der Waals surface area contributed by atoms with Gasteiger partial charge in [0.15, 0.2) is 0 Å². The van der Waals surface area contributed by atoms with Gasteiger partial charge in [-0.05, 0) is 46.2 Å². The van der Waals surface area contributed by atoms with E-state index in [4.69, 9.17) is 0 Å². The zero-order chi connectivity index (χ0) is 17.1. The Morgan fingerprint density at radius 1 is 1.09 bits per heavy atom. The molecule has 0 saturated carbocycles. The normalized spacial score (nSPS) is 12.4. The van der Waals surface area contributed by atoms with Crippen LogP contribution in [-0.2, 0) is 32.3 Å². The zero-order valence-electron chi connectivity index (χ0n) is 12.1. The van der Waals surface area contributed by atoms with E-state index in [0.717, 1.165) is 15.1 Å². The van der Waals surface area contributed by atoms with Crippen LogP contribution in [0.3, 0.4) is 0 Å². The van der Waals surface area contributed by atoms with Crippen molar-refractivity contribution in [1.82, 2.24) is 9.44 Å². The van der Waals surface area contributed by atoms with Crippen LogP contribution in [-0.4, -0.2) is 23.9 Å². The van der Waals surface area contributed by atoms with Crippen LogP contribution in [0, 0.1) is 0 Å². The molecule has 0 aliphatic rings. The van der Waals surface area contributed by atoms with E-state index in [-0.39, 0.29) is 16.5 Å². The molecule has 0 aliphatic carbocycles. The molecular weight excluding hydrogens is 424 g/mol. The smallest absolute Gasteiger partial charge is 0.218 e. The largest absolute Gasteiger partial charge is 0.250 e. The lowest BCUT2D eigenvalue weighted by atomic mass is 10.1. The van der Waals surface area contributed by atoms with Crippen molar-refractivity contribution in [3.05, 3.63) is 51.3 Å². The topological polar surface area (TPSA) is 92.3 Å². The molecule has 0 spiro atoms. The minimum atomic E-state index is -3.58. The van der Waals surface area contributed by atoms with E-state index >= 15 is 0 Å². The van der Waals surface area contributed by atoms with E-state index in [1.807, 2.05) is 0 Å². The molecule has 0 unspecified atom stereocenters. The molecule has 23 heavy (non-hydrogen) atoms. The predicted molar refractivity (Wildman–Crippen MR) is 94.2 cm³/mol. The van der Waals surface area contributed by atoms with Gasteiger partial charge in [0, 0.05) is 6.54 Å². The summed E-state index contributed by atoms with van der Waals surface area (Å²) < 4.78 is 53.1. The Balaban J connectivity index is 2.09. The van der Waals surface area contributed by atoms with Gasteiger partial charge in [-0.3, -0.25) is 0 Å². The molecule has 0 saturated heterocycles. The fraction of sp³-hybridized carbons (Fsp3) is 0.231. The summed E-state index contributed by atoms with van der Waals surface area (Å²) in [5.74, 6) is -0.151. The van der Waals surface area contributed by atoms with Crippen molar-refractivity contribution in [1.29, 1.82) is 0 Å². The molecule has 2 N–H and O–H groups in total. The van der Waals surface area contributed by atoms with Gasteiger partial charge in [-0.2, -0.15) is 0 Å². The van der Waals surface area contributed by atoms with Gasteiger partial charge in [-0.1, -0.05) is 24.3 Å². The Morgan fingerprint density at radius 2 is 1.78 bits per heavy atom. The molecule has 0 atom stereocenters. The lowest BCUT2D eigenvalue weighted by Gasteiger charge is -2.07. The Morgan fingerprint density at radius 3 is 2.39 bits per heavy atom. The maximum atomic E-state index is 12.2. The lowest BCUT2D eigenvalue weighted by Crippen LogP contribution is -2.23. The second-order valence-corrected chi connectivity index (χ2v) is 11.0. The highest BCUT2D eigenvalue weighted by atomic mass is 79.9. The number of nitrogens with one attached hydrogen (secondary N) is 2. The molecular formula is C13H15BrN2O4S3. The van der Waals surface area contributed by atoms with Crippen LogP contribution in [0.2, 0.25) is 0 Å². The van der Waals surface area contributed by atoms with Crippen molar-refractivity contribution in [2.24, 2.45) is 0 Å². The van der Waals surface area contributed by atoms with Crippen LogP contribution in [0.5, 0.6) is 0 Å². The Kier molecular flexibility index (Phi) is 5.98. The van der Waals surface area contributed by atoms with Crippen molar-refractivity contribution >= 4 is 47.3 Å². The van der Waals surface area contributed by atoms with Crippen molar-refractivity contribution in [2.75, 3.05) is 7.05 Å². The first-order chi connectivity index (χ1) is 10.7. The second-order valence-electron chi connectivity index (χ2n) is 4.67. The number of benzene rings is 1. The fourth-order valence-corrected chi connectivity index (χ4v) is 5.65. The summed E-state index contributed by atoms with van der Waals surface area (Å²) in [4.78, 5) is 0. The molecule has 0 radical (unpaired) electrons. The average molecular weight is 439 g/mol. The third kappa shape index (κ3) is 5.37. The molecule has 6 nitrogen and oxygen atoms in total. The highest BCUT2D eigenvalue weighted by Crippen LogP contribution is 2.25. The summed E-state index contributed by atoms with van der Waals surface area (Å²) in [5, 5.41) is 0. The van der Waals surface area contributed by atoms with Crippen molar-refractivity contribution in [3.63, 3.8) is 0 Å². The number of hydrogen-bond donors (Lipinski definition) is 2. The van der Waals surface area contributed by atoms with E-state index in [9.17, 15) is 16.8 Å². The van der Waals surface area contributed by atoms with Crippen LogP contribution in [0.1, 0.15) is 11.1 Å². The molecule has 0 bridgehead atoms. The molecule has 0 aliphatic heterocycles. The van der Waals surface area contributed by atoms with Crippen molar-refractivity contribution in [3.8, 4) is 0 Å². The van der Waals surface area contributed by atoms with Gasteiger partial charge < -0.3 is 0 Å². The number of hydrogen-bond acceptors (Lipinski definition) is 5. The SMILES string of the molecule is CNS(=O)(=O)Cc1cccc(CNS(=O)(=O)c2ccc(Br)s2)c1. The minimum Gasteiger partial charge on any atom is -0.218 e. The van der Waals surface area contributed by atoms with Crippen molar-refractivity contribution < 1.29 is 16.8 Å². The van der Waals surface area contributed by atoms with Crippen molar-refractivity contribution in [2.45, 2.75) is 16.5 Å². The van der Waals surface area contributed by atoms with Crippen LogP contribution >= 0.6 is 27.3 Å². The third-order valence-corrected chi connectivity index (χ3v) is 7.79. The van der Waals surface area contributed by atoms with E-state index in [0.29, 0.717) is 11.1 Å². The van der Waals surface area contributed by atoms with E-state index in [1.165, 1.54) is 13.1 Å². The van der Waals surface area contributed by atoms with Gasteiger partial charge >= 0.3 is 0 Å². The predicted octanol–water partition coefficient (Wildman–Crippen LogP) is 2.04. The average Bonchev–Trinajstić information content (AvgIpc) is 2.93. The number of thiophene rings is 1. The van der Waals surface area contributed by atoms with Gasteiger partial charge in [0.05, 0.1) is 9.54 Å². The van der Waals surface area contributed by atoms with Crippen LogP contribution < -0.4 is 9.44 Å². The number of halogens is 1. The quantitative estimate of drug-likeness (QED) is 0.691. The fourth-order valence-electron chi connectivity index (χ4n) is 1.81. The number of sulfonamides is 2. The summed E-state index contributed by atoms with van der Waals surface area (Å²) in [5.41, 5.74) is 1.28. The first-order valence-corrected chi connectivity index (χ1v) is 11.2. The molecule has 1 aromatic heterocycles. The van der Waals surface area contributed by atoms with Crippen LogP contribution in [0.15, 0.2) is 44.4 Å². The highest BCUT2D eigenvalue weighted by Gasteiger charge is 2.16. The molecule has 2 aromatic rings. The maximum absolute atomic E-state index is 12.2. The standard InChI is InChI=1S/C13H15BrN2O4S3/c1-15-22(17,18)9-11-4-2-3-10(7-11)8-16-23(19,20)13-6-5-12(14)21-13/h2-7,15-16H,8-9H2,1H3. The van der Waals surface area contributed by atoms with E-state index < -0.39 is 20.0 Å². The van der Waals surface area contributed by atoms with Crippen LogP contribution in [0.25, 0.3) is 0 Å². The van der Waals surface area contributed by atoms with E-state index in [1.54, 1.807) is 30.3 Å². The van der Waals surface area contributed by atoms with Gasteiger partial charge in [0.25, 0.3) is 0 Å². The van der Waals surface area contributed by atoms with Gasteiger partial charge in [0.2, 0.25) is 20.0 Å². The molecule has 1 heterocycles. The van der Waals surface area contributed by atoms with Gasteiger partial charge in [-0.25, -0.2) is 26.3 Å². The zero-order valence-corrected chi connectivity index (χ0v) is 16.1. The van der Waals surface area contributed by atoms with Gasteiger partial charge in [0.1, 0.15) is 4.21 Å². The van der Waals surface area contributed by atoms with E-state index in [2.05, 4.69) is 25.4 Å². The van der Waals surface area contributed by atoms with Crippen LogP contribution in [0.4, 0.5) is 0 Å². The highest BCUT2D eigenvalue weighted by molar-refractivity contribution is 9.11. The molecule has 0 fully saturated rings. The van der Waals surface area contributed by atoms with Gasteiger partial charge in [-0.15, -0.1) is 11.3 Å². The molecule has 0 amide bonds. The Labute approximate surface area is 148 Å². The Hall–Kier alpha value is -0.780. The number of rotatable bonds is 7. The molecule has 126 valence electrons. The molecule has 10 heteroatoms. The summed E-state index contributed by atoms with van der Waals surface area (Å²) in [7, 11) is -5.59. The monoisotopic (exact) mass is 438 g/mol. The lowest BCUT2D eigenvalue weighted by molar-refractivity contribution is 0.582. The molecule has 2 rings (SSSR count). The first-order valence-electron chi connectivity index (χ1n) is 6.46. The first kappa shape index (κ1) is 18.6. The summed E-state index contributed by atoms with van der Waals surface area (Å²) >= 11 is 4.35. The maximum Gasteiger partial charge on any atom is 0.250 e. The third-order valence-electron chi connectivity index (χ3n) is 2.94. The Bertz CT molecular complexity index is 891.